The Balaban J connectivity index is 2.90. The second kappa shape index (κ2) is 7.50. The van der Waals surface area contributed by atoms with E-state index >= 15 is 0 Å². The van der Waals surface area contributed by atoms with Crippen LogP contribution in [0.4, 0.5) is 0 Å². The summed E-state index contributed by atoms with van der Waals surface area (Å²) >= 11 is 4.91. The molecule has 5 nitrogen and oxygen atoms in total. The van der Waals surface area contributed by atoms with E-state index in [1.54, 1.807) is 20.4 Å². The third-order valence-electron chi connectivity index (χ3n) is 2.11. The summed E-state index contributed by atoms with van der Waals surface area (Å²) in [5.41, 5.74) is 3.50. The van der Waals surface area contributed by atoms with Crippen molar-refractivity contribution >= 4 is 23.5 Å². The fourth-order valence-electron chi connectivity index (χ4n) is 1.31. The Morgan fingerprint density at radius 1 is 1.50 bits per heavy atom. The molecule has 0 aromatic heterocycles. The molecule has 1 aromatic carbocycles. The maximum absolute atomic E-state index is 5.55. The van der Waals surface area contributed by atoms with E-state index in [4.69, 9.17) is 21.7 Å². The SMILES string of the molecule is CCOc1c(/C=N/NC(=S)NC)cccc1OC. The van der Waals surface area contributed by atoms with E-state index in [0.29, 0.717) is 23.2 Å². The van der Waals surface area contributed by atoms with Crippen LogP contribution in [0.5, 0.6) is 11.5 Å². The lowest BCUT2D eigenvalue weighted by molar-refractivity contribution is 0.310. The van der Waals surface area contributed by atoms with Gasteiger partial charge in [0.1, 0.15) is 0 Å². The quantitative estimate of drug-likeness (QED) is 0.481. The molecule has 6 heteroatoms. The summed E-state index contributed by atoms with van der Waals surface area (Å²) in [5, 5.41) is 7.23. The number of hydrazone groups is 1. The van der Waals surface area contributed by atoms with E-state index in [-0.39, 0.29) is 0 Å². The summed E-state index contributed by atoms with van der Waals surface area (Å²) in [6, 6.07) is 5.61. The third-order valence-corrected chi connectivity index (χ3v) is 2.41. The van der Waals surface area contributed by atoms with Crippen LogP contribution < -0.4 is 20.2 Å². The number of para-hydroxylation sites is 1. The largest absolute Gasteiger partial charge is 0.493 e. The topological polar surface area (TPSA) is 54.9 Å². The minimum atomic E-state index is 0.451. The van der Waals surface area contributed by atoms with Crippen molar-refractivity contribution < 1.29 is 9.47 Å². The van der Waals surface area contributed by atoms with Crippen LogP contribution in [0.1, 0.15) is 12.5 Å². The van der Waals surface area contributed by atoms with Crippen molar-refractivity contribution in [2.45, 2.75) is 6.92 Å². The molecule has 1 aromatic rings. The van der Waals surface area contributed by atoms with Crippen LogP contribution in [0.2, 0.25) is 0 Å². The fourth-order valence-corrected chi connectivity index (χ4v) is 1.36. The van der Waals surface area contributed by atoms with Crippen molar-refractivity contribution in [2.24, 2.45) is 5.10 Å². The molecule has 0 radical (unpaired) electrons. The summed E-state index contributed by atoms with van der Waals surface area (Å²) in [6.45, 7) is 2.48. The summed E-state index contributed by atoms with van der Waals surface area (Å²) in [7, 11) is 3.33. The molecule has 2 N–H and O–H groups in total. The number of hydrogen-bond acceptors (Lipinski definition) is 4. The zero-order chi connectivity index (χ0) is 13.4. The molecule has 0 fully saturated rings. The maximum atomic E-state index is 5.55. The van der Waals surface area contributed by atoms with Gasteiger partial charge < -0.3 is 14.8 Å². The normalized spacial score (nSPS) is 10.2. The van der Waals surface area contributed by atoms with Gasteiger partial charge in [0.15, 0.2) is 16.6 Å². The van der Waals surface area contributed by atoms with Gasteiger partial charge in [0.05, 0.1) is 19.9 Å². The molecule has 0 amide bonds. The van der Waals surface area contributed by atoms with Crippen LogP contribution in [0.25, 0.3) is 0 Å². The number of methoxy groups -OCH3 is 1. The molecule has 0 atom stereocenters. The van der Waals surface area contributed by atoms with Crippen molar-refractivity contribution in [1.29, 1.82) is 0 Å². The number of nitrogens with one attached hydrogen (secondary N) is 2. The Labute approximate surface area is 112 Å². The van der Waals surface area contributed by atoms with E-state index in [1.165, 1.54) is 0 Å². The van der Waals surface area contributed by atoms with Gasteiger partial charge >= 0.3 is 0 Å². The molecule has 18 heavy (non-hydrogen) atoms. The van der Waals surface area contributed by atoms with E-state index in [2.05, 4.69) is 15.8 Å². The number of rotatable bonds is 5. The standard InChI is InChI=1S/C12H17N3O2S/c1-4-17-11-9(6-5-7-10(11)16-3)8-14-15-12(18)13-2/h5-8H,4H2,1-3H3,(H2,13,15,18)/b14-8+. The highest BCUT2D eigenvalue weighted by Gasteiger charge is 2.08. The highest BCUT2D eigenvalue weighted by atomic mass is 32.1. The Bertz CT molecular complexity index is 435. The average Bonchev–Trinajstić information content (AvgIpc) is 2.40. The van der Waals surface area contributed by atoms with Gasteiger partial charge in [0.25, 0.3) is 0 Å². The van der Waals surface area contributed by atoms with Gasteiger partial charge in [-0.3, -0.25) is 5.43 Å². The van der Waals surface area contributed by atoms with Crippen LogP contribution in [0.15, 0.2) is 23.3 Å². The summed E-state index contributed by atoms with van der Waals surface area (Å²) in [5.74, 6) is 1.35. The molecule has 0 spiro atoms. The molecule has 0 aliphatic heterocycles. The lowest BCUT2D eigenvalue weighted by atomic mass is 10.2. The van der Waals surface area contributed by atoms with Gasteiger partial charge in [-0.25, -0.2) is 0 Å². The molecule has 0 aliphatic rings. The smallest absolute Gasteiger partial charge is 0.186 e. The molecule has 1 rings (SSSR count). The van der Waals surface area contributed by atoms with Gasteiger partial charge in [-0.15, -0.1) is 0 Å². The summed E-state index contributed by atoms with van der Waals surface area (Å²) in [4.78, 5) is 0. The van der Waals surface area contributed by atoms with Crippen molar-refractivity contribution in [3.05, 3.63) is 23.8 Å². The predicted molar refractivity (Wildman–Crippen MR) is 76.6 cm³/mol. The van der Waals surface area contributed by atoms with Crippen LogP contribution in [-0.2, 0) is 0 Å². The highest BCUT2D eigenvalue weighted by molar-refractivity contribution is 7.80. The van der Waals surface area contributed by atoms with Gasteiger partial charge in [0.2, 0.25) is 0 Å². The second-order valence-electron chi connectivity index (χ2n) is 3.26. The van der Waals surface area contributed by atoms with Crippen molar-refractivity contribution in [2.75, 3.05) is 20.8 Å². The Hall–Kier alpha value is -1.82. The first kappa shape index (κ1) is 14.2. The molecule has 0 saturated heterocycles. The number of benzene rings is 1. The number of hydrogen-bond donors (Lipinski definition) is 2. The van der Waals surface area contributed by atoms with Gasteiger partial charge in [0, 0.05) is 12.6 Å². The number of nitrogens with zero attached hydrogens (tertiary/aromatic N) is 1. The highest BCUT2D eigenvalue weighted by Crippen LogP contribution is 2.29. The number of thiocarbonyl (C=S) groups is 1. The average molecular weight is 267 g/mol. The molecular formula is C12H17N3O2S. The second-order valence-corrected chi connectivity index (χ2v) is 3.67. The van der Waals surface area contributed by atoms with Crippen molar-refractivity contribution in [3.8, 4) is 11.5 Å². The molecule has 0 aliphatic carbocycles. The van der Waals surface area contributed by atoms with Gasteiger partial charge in [-0.1, -0.05) is 6.07 Å². The third kappa shape index (κ3) is 3.89. The lowest BCUT2D eigenvalue weighted by Gasteiger charge is -2.11. The van der Waals surface area contributed by atoms with Crippen LogP contribution in [-0.4, -0.2) is 32.1 Å². The zero-order valence-corrected chi connectivity index (χ0v) is 11.5. The molecule has 0 saturated carbocycles. The maximum Gasteiger partial charge on any atom is 0.186 e. The minimum Gasteiger partial charge on any atom is -0.493 e. The predicted octanol–water partition coefficient (Wildman–Crippen LogP) is 1.52. The van der Waals surface area contributed by atoms with E-state index in [0.717, 1.165) is 5.56 Å². The fraction of sp³-hybridized carbons (Fsp3) is 0.333. The monoisotopic (exact) mass is 267 g/mol. The first-order valence-corrected chi connectivity index (χ1v) is 5.94. The molecule has 0 bridgehead atoms. The minimum absolute atomic E-state index is 0.451. The molecule has 98 valence electrons. The van der Waals surface area contributed by atoms with Crippen LogP contribution in [0.3, 0.4) is 0 Å². The van der Waals surface area contributed by atoms with Gasteiger partial charge in [-0.05, 0) is 31.3 Å². The van der Waals surface area contributed by atoms with Gasteiger partial charge in [-0.2, -0.15) is 5.10 Å². The lowest BCUT2D eigenvalue weighted by Crippen LogP contribution is -2.28. The van der Waals surface area contributed by atoms with Crippen LogP contribution >= 0.6 is 12.2 Å². The molecule has 0 unspecified atom stereocenters. The zero-order valence-electron chi connectivity index (χ0n) is 10.7. The van der Waals surface area contributed by atoms with E-state index < -0.39 is 0 Å². The van der Waals surface area contributed by atoms with Crippen LogP contribution in [0, 0.1) is 0 Å². The van der Waals surface area contributed by atoms with E-state index in [1.807, 2.05) is 25.1 Å². The van der Waals surface area contributed by atoms with Crippen molar-refractivity contribution in [3.63, 3.8) is 0 Å². The molecule has 0 heterocycles. The number of ether oxygens (including phenoxy) is 2. The first-order chi connectivity index (χ1) is 8.72. The first-order valence-electron chi connectivity index (χ1n) is 5.53. The van der Waals surface area contributed by atoms with E-state index in [9.17, 15) is 0 Å². The Morgan fingerprint density at radius 2 is 2.28 bits per heavy atom. The summed E-state index contributed by atoms with van der Waals surface area (Å²) < 4.78 is 10.8. The molecular weight excluding hydrogens is 250 g/mol. The Kier molecular flexibility index (Phi) is 5.93. The Morgan fingerprint density at radius 3 is 2.89 bits per heavy atom. The van der Waals surface area contributed by atoms with Crippen molar-refractivity contribution in [1.82, 2.24) is 10.7 Å². The summed E-state index contributed by atoms with van der Waals surface area (Å²) in [6.07, 6.45) is 1.64.